The van der Waals surface area contributed by atoms with Gasteiger partial charge in [0.25, 0.3) is 5.91 Å². The molecule has 1 atom stereocenters. The first-order valence-corrected chi connectivity index (χ1v) is 9.09. The van der Waals surface area contributed by atoms with Gasteiger partial charge in [-0.25, -0.2) is 0 Å². The molecule has 1 aromatic rings. The molecular weight excluding hydrogens is 316 g/mol. The van der Waals surface area contributed by atoms with E-state index in [1.807, 2.05) is 37.8 Å². The van der Waals surface area contributed by atoms with Gasteiger partial charge >= 0.3 is 0 Å². The molecule has 0 unspecified atom stereocenters. The molecule has 1 aromatic carbocycles. The zero-order valence-electron chi connectivity index (χ0n) is 15.8. The van der Waals surface area contributed by atoms with E-state index >= 15 is 0 Å². The lowest BCUT2D eigenvalue weighted by Gasteiger charge is -2.32. The van der Waals surface area contributed by atoms with Crippen LogP contribution in [0.1, 0.15) is 49.0 Å². The van der Waals surface area contributed by atoms with Crippen molar-refractivity contribution in [1.29, 1.82) is 0 Å². The highest BCUT2D eigenvalue weighted by Crippen LogP contribution is 2.22. The van der Waals surface area contributed by atoms with Crippen molar-refractivity contribution >= 4 is 17.5 Å². The molecule has 1 saturated heterocycles. The van der Waals surface area contributed by atoms with Gasteiger partial charge in [-0.2, -0.15) is 0 Å². The maximum absolute atomic E-state index is 12.8. The van der Waals surface area contributed by atoms with E-state index in [1.54, 1.807) is 13.2 Å². The average Bonchev–Trinajstić information content (AvgIpc) is 2.56. The Bertz CT molecular complexity index is 611. The van der Waals surface area contributed by atoms with Crippen molar-refractivity contribution in [1.82, 2.24) is 4.90 Å². The third-order valence-corrected chi connectivity index (χ3v) is 4.55. The minimum absolute atomic E-state index is 0.00983. The van der Waals surface area contributed by atoms with Crippen LogP contribution in [0.5, 0.6) is 0 Å². The molecule has 2 amide bonds. The van der Waals surface area contributed by atoms with Crippen molar-refractivity contribution < 1.29 is 14.3 Å². The van der Waals surface area contributed by atoms with Crippen molar-refractivity contribution in [2.45, 2.75) is 40.0 Å². The third-order valence-electron chi connectivity index (χ3n) is 4.55. The lowest BCUT2D eigenvalue weighted by atomic mass is 9.98. The smallest absolute Gasteiger partial charge is 0.253 e. The Morgan fingerprint density at radius 3 is 2.76 bits per heavy atom. The summed E-state index contributed by atoms with van der Waals surface area (Å²) >= 11 is 0. The van der Waals surface area contributed by atoms with Crippen LogP contribution in [0.2, 0.25) is 0 Å². The number of amides is 2. The number of anilines is 1. The van der Waals surface area contributed by atoms with E-state index in [0.29, 0.717) is 30.4 Å². The van der Waals surface area contributed by atoms with E-state index < -0.39 is 0 Å². The Morgan fingerprint density at radius 1 is 1.36 bits per heavy atom. The first-order chi connectivity index (χ1) is 11.9. The van der Waals surface area contributed by atoms with Crippen LogP contribution in [0.15, 0.2) is 18.2 Å². The summed E-state index contributed by atoms with van der Waals surface area (Å²) in [5.41, 5.74) is 2.36. The summed E-state index contributed by atoms with van der Waals surface area (Å²) in [7, 11) is 1.70. The molecule has 1 heterocycles. The van der Waals surface area contributed by atoms with E-state index in [1.165, 1.54) is 0 Å². The van der Waals surface area contributed by atoms with Gasteiger partial charge in [0.1, 0.15) is 0 Å². The number of nitrogens with one attached hydrogen (secondary N) is 1. The minimum Gasteiger partial charge on any atom is -0.384 e. The van der Waals surface area contributed by atoms with Crippen LogP contribution >= 0.6 is 0 Å². The zero-order chi connectivity index (χ0) is 18.4. The van der Waals surface area contributed by atoms with Gasteiger partial charge in [0.05, 0.1) is 6.61 Å². The Kier molecular flexibility index (Phi) is 7.00. The molecular formula is C20H30N2O3. The number of methoxy groups -OCH3 is 1. The van der Waals surface area contributed by atoms with E-state index in [9.17, 15) is 9.59 Å². The summed E-state index contributed by atoms with van der Waals surface area (Å²) < 4.78 is 5.24. The Balaban J connectivity index is 2.03. The van der Waals surface area contributed by atoms with Crippen molar-refractivity contribution in [2.24, 2.45) is 11.8 Å². The second-order valence-electron chi connectivity index (χ2n) is 7.39. The number of carbonyl (C=O) groups excluding carboxylic acids is 2. The monoisotopic (exact) mass is 346 g/mol. The normalized spacial score (nSPS) is 17.6. The molecule has 1 fully saturated rings. The number of benzene rings is 1. The fourth-order valence-electron chi connectivity index (χ4n) is 3.31. The number of nitrogens with zero attached hydrogens (tertiary/aromatic N) is 1. The van der Waals surface area contributed by atoms with Crippen LogP contribution in [0, 0.1) is 18.8 Å². The molecule has 0 saturated carbocycles. The Labute approximate surface area is 150 Å². The number of likely N-dealkylation sites (tertiary alicyclic amines) is 1. The fraction of sp³-hybridized carbons (Fsp3) is 0.600. The first kappa shape index (κ1) is 19.4. The maximum Gasteiger partial charge on any atom is 0.253 e. The molecule has 1 aliphatic heterocycles. The molecule has 138 valence electrons. The van der Waals surface area contributed by atoms with Gasteiger partial charge in [-0.3, -0.25) is 9.59 Å². The Morgan fingerprint density at radius 2 is 2.12 bits per heavy atom. The lowest BCUT2D eigenvalue weighted by Crippen LogP contribution is -2.41. The molecule has 1 aliphatic rings. The van der Waals surface area contributed by atoms with Crippen LogP contribution in [0.4, 0.5) is 5.69 Å². The van der Waals surface area contributed by atoms with Gasteiger partial charge in [-0.1, -0.05) is 13.8 Å². The molecule has 0 aromatic heterocycles. The molecule has 5 heteroatoms. The van der Waals surface area contributed by atoms with Gasteiger partial charge < -0.3 is 15.0 Å². The average molecular weight is 346 g/mol. The summed E-state index contributed by atoms with van der Waals surface area (Å²) in [6, 6.07) is 5.50. The van der Waals surface area contributed by atoms with E-state index in [0.717, 1.165) is 37.2 Å². The molecule has 0 aliphatic carbocycles. The number of ether oxygens (including phenoxy) is 1. The van der Waals surface area contributed by atoms with Crippen molar-refractivity contribution in [3.8, 4) is 0 Å². The third kappa shape index (κ3) is 5.56. The van der Waals surface area contributed by atoms with E-state index in [2.05, 4.69) is 5.32 Å². The number of hydrogen-bond donors (Lipinski definition) is 1. The predicted molar refractivity (Wildman–Crippen MR) is 99.8 cm³/mol. The molecule has 0 spiro atoms. The maximum atomic E-state index is 12.8. The lowest BCUT2D eigenvalue weighted by molar-refractivity contribution is -0.116. The summed E-state index contributed by atoms with van der Waals surface area (Å²) in [6.07, 6.45) is 2.62. The quantitative estimate of drug-likeness (QED) is 0.858. The van der Waals surface area contributed by atoms with Crippen molar-refractivity contribution in [2.75, 3.05) is 32.1 Å². The number of piperidine rings is 1. The summed E-state index contributed by atoms with van der Waals surface area (Å²) in [4.78, 5) is 26.6. The van der Waals surface area contributed by atoms with Crippen LogP contribution in [-0.2, 0) is 9.53 Å². The van der Waals surface area contributed by atoms with Crippen LogP contribution in [0.3, 0.4) is 0 Å². The molecule has 0 radical (unpaired) electrons. The summed E-state index contributed by atoms with van der Waals surface area (Å²) in [5, 5.41) is 2.93. The second-order valence-corrected chi connectivity index (χ2v) is 7.39. The highest BCUT2D eigenvalue weighted by molar-refractivity contribution is 5.96. The molecule has 0 bridgehead atoms. The summed E-state index contributed by atoms with van der Waals surface area (Å²) in [5.74, 6) is 0.804. The number of rotatable bonds is 6. The minimum atomic E-state index is 0.00983. The number of aryl methyl sites for hydroxylation is 1. The van der Waals surface area contributed by atoms with Gasteiger partial charge in [-0.15, -0.1) is 0 Å². The molecule has 1 N–H and O–H groups in total. The van der Waals surface area contributed by atoms with Gasteiger partial charge in [0.15, 0.2) is 0 Å². The topological polar surface area (TPSA) is 58.6 Å². The van der Waals surface area contributed by atoms with E-state index in [4.69, 9.17) is 4.74 Å². The largest absolute Gasteiger partial charge is 0.384 e. The highest BCUT2D eigenvalue weighted by Gasteiger charge is 2.24. The van der Waals surface area contributed by atoms with Gasteiger partial charge in [-0.05, 0) is 55.4 Å². The SMILES string of the molecule is COC[C@H]1CCCN(C(=O)c2ccc(NC(=O)CC(C)C)c(C)c2)C1. The molecule has 2 rings (SSSR count). The molecule has 25 heavy (non-hydrogen) atoms. The van der Waals surface area contributed by atoms with Gasteiger partial charge in [0, 0.05) is 37.9 Å². The van der Waals surface area contributed by atoms with Crippen molar-refractivity contribution in [3.63, 3.8) is 0 Å². The van der Waals surface area contributed by atoms with E-state index in [-0.39, 0.29) is 11.8 Å². The first-order valence-electron chi connectivity index (χ1n) is 9.09. The summed E-state index contributed by atoms with van der Waals surface area (Å²) in [6.45, 7) is 8.20. The Hall–Kier alpha value is -1.88. The second kappa shape index (κ2) is 8.99. The zero-order valence-corrected chi connectivity index (χ0v) is 15.8. The van der Waals surface area contributed by atoms with Gasteiger partial charge in [0.2, 0.25) is 5.91 Å². The standard InChI is InChI=1S/C20H30N2O3/c1-14(2)10-19(23)21-18-8-7-17(11-15(18)3)20(24)22-9-5-6-16(12-22)13-25-4/h7-8,11,14,16H,5-6,9-10,12-13H2,1-4H3,(H,21,23)/t16-/m0/s1. The van der Waals surface area contributed by atoms with Crippen LogP contribution in [-0.4, -0.2) is 43.5 Å². The highest BCUT2D eigenvalue weighted by atomic mass is 16.5. The van der Waals surface area contributed by atoms with Crippen molar-refractivity contribution in [3.05, 3.63) is 29.3 Å². The van der Waals surface area contributed by atoms with Crippen LogP contribution < -0.4 is 5.32 Å². The number of hydrogen-bond acceptors (Lipinski definition) is 3. The number of carbonyl (C=O) groups is 2. The molecule has 5 nitrogen and oxygen atoms in total. The van der Waals surface area contributed by atoms with Crippen LogP contribution in [0.25, 0.3) is 0 Å². The fourth-order valence-corrected chi connectivity index (χ4v) is 3.31. The predicted octanol–water partition coefficient (Wildman–Crippen LogP) is 3.48.